The molecule has 0 saturated heterocycles. The number of hydrogen-bond donors (Lipinski definition) is 2. The molecule has 0 heterocycles. The summed E-state index contributed by atoms with van der Waals surface area (Å²) >= 11 is 0. The Labute approximate surface area is 123 Å². The van der Waals surface area contributed by atoms with E-state index < -0.39 is 11.7 Å². The lowest BCUT2D eigenvalue weighted by molar-refractivity contribution is -0.128. The smallest absolute Gasteiger partial charge is 0.252 e. The number of carbonyl (C=O) groups excluding carboxylic acids is 2. The molecule has 21 heavy (non-hydrogen) atoms. The van der Waals surface area contributed by atoms with Crippen molar-refractivity contribution in [3.8, 4) is 11.8 Å². The van der Waals surface area contributed by atoms with Gasteiger partial charge in [0.25, 0.3) is 5.91 Å². The predicted molar refractivity (Wildman–Crippen MR) is 78.0 cm³/mol. The number of amides is 2. The monoisotopic (exact) mass is 291 g/mol. The highest BCUT2D eigenvalue weighted by molar-refractivity contribution is 5.96. The molecule has 2 amide bonds. The van der Waals surface area contributed by atoms with E-state index in [2.05, 4.69) is 17.2 Å². The van der Waals surface area contributed by atoms with Crippen molar-refractivity contribution in [2.45, 2.75) is 6.42 Å². The zero-order chi connectivity index (χ0) is 15.8. The molecule has 3 N–H and O–H groups in total. The number of carbonyl (C=O) groups is 2. The highest BCUT2D eigenvalue weighted by atomic mass is 19.1. The summed E-state index contributed by atoms with van der Waals surface area (Å²) in [5, 5.41) is 2.61. The number of nitrogens with one attached hydrogen (secondary N) is 1. The third-order valence-corrected chi connectivity index (χ3v) is 2.67. The number of hydrogen-bond acceptors (Lipinski definition) is 3. The van der Waals surface area contributed by atoms with E-state index in [9.17, 15) is 14.0 Å². The van der Waals surface area contributed by atoms with Crippen molar-refractivity contribution < 1.29 is 14.0 Å². The van der Waals surface area contributed by atoms with Crippen LogP contribution in [-0.2, 0) is 4.79 Å². The van der Waals surface area contributed by atoms with Crippen LogP contribution >= 0.6 is 0 Å². The van der Waals surface area contributed by atoms with E-state index in [1.165, 1.54) is 23.1 Å². The van der Waals surface area contributed by atoms with Crippen LogP contribution in [0.1, 0.15) is 22.3 Å². The Morgan fingerprint density at radius 1 is 1.38 bits per heavy atom. The van der Waals surface area contributed by atoms with Crippen molar-refractivity contribution in [1.29, 1.82) is 0 Å². The molecule has 0 aliphatic rings. The fraction of sp³-hybridized carbons (Fsp3) is 0.333. The van der Waals surface area contributed by atoms with Crippen LogP contribution in [0.25, 0.3) is 0 Å². The van der Waals surface area contributed by atoms with Gasteiger partial charge in [-0.05, 0) is 18.2 Å². The standard InChI is InChI=1S/C15H18FN3O2/c1-19(2)14(20)7-9-18-15(21)13-6-5-12(16)10-11(13)4-3-8-17/h5-6,10H,7-9,17H2,1-2H3,(H,18,21). The maximum atomic E-state index is 13.2. The molecular weight excluding hydrogens is 273 g/mol. The molecule has 0 spiro atoms. The molecule has 0 unspecified atom stereocenters. The van der Waals surface area contributed by atoms with Crippen molar-refractivity contribution >= 4 is 11.8 Å². The van der Waals surface area contributed by atoms with Gasteiger partial charge < -0.3 is 16.0 Å². The quantitative estimate of drug-likeness (QED) is 0.786. The molecule has 0 aliphatic carbocycles. The fourth-order valence-electron chi connectivity index (χ4n) is 1.57. The Morgan fingerprint density at radius 3 is 2.71 bits per heavy atom. The van der Waals surface area contributed by atoms with E-state index in [0.717, 1.165) is 0 Å². The van der Waals surface area contributed by atoms with Gasteiger partial charge in [0.05, 0.1) is 12.1 Å². The zero-order valence-corrected chi connectivity index (χ0v) is 12.1. The Hall–Kier alpha value is -2.39. The van der Waals surface area contributed by atoms with E-state index in [1.54, 1.807) is 14.1 Å². The third-order valence-electron chi connectivity index (χ3n) is 2.67. The number of nitrogens with two attached hydrogens (primary N) is 1. The van der Waals surface area contributed by atoms with Gasteiger partial charge in [-0.2, -0.15) is 0 Å². The largest absolute Gasteiger partial charge is 0.351 e. The molecule has 5 nitrogen and oxygen atoms in total. The second-order valence-electron chi connectivity index (χ2n) is 4.49. The zero-order valence-electron chi connectivity index (χ0n) is 12.1. The first-order valence-electron chi connectivity index (χ1n) is 6.42. The Kier molecular flexibility index (Phi) is 6.37. The minimum Gasteiger partial charge on any atom is -0.351 e. The van der Waals surface area contributed by atoms with Gasteiger partial charge in [-0.1, -0.05) is 11.8 Å². The summed E-state index contributed by atoms with van der Waals surface area (Å²) in [6.07, 6.45) is 0.198. The normalized spacial score (nSPS) is 9.52. The van der Waals surface area contributed by atoms with E-state index in [0.29, 0.717) is 0 Å². The molecule has 112 valence electrons. The lowest BCUT2D eigenvalue weighted by atomic mass is 10.1. The molecule has 0 bridgehead atoms. The summed E-state index contributed by atoms with van der Waals surface area (Å²) in [6.45, 7) is 0.325. The van der Waals surface area contributed by atoms with Gasteiger partial charge >= 0.3 is 0 Å². The second kappa shape index (κ2) is 8.02. The minimum atomic E-state index is -0.476. The van der Waals surface area contributed by atoms with Gasteiger partial charge in [-0.25, -0.2) is 4.39 Å². The lowest BCUT2D eigenvalue weighted by Crippen LogP contribution is -2.30. The highest BCUT2D eigenvalue weighted by Crippen LogP contribution is 2.10. The molecule has 6 heteroatoms. The van der Waals surface area contributed by atoms with Crippen molar-refractivity contribution in [1.82, 2.24) is 10.2 Å². The van der Waals surface area contributed by atoms with Crippen molar-refractivity contribution in [3.63, 3.8) is 0 Å². The van der Waals surface area contributed by atoms with Crippen LogP contribution in [0.5, 0.6) is 0 Å². The first-order valence-corrected chi connectivity index (χ1v) is 6.42. The van der Waals surface area contributed by atoms with Gasteiger partial charge in [0.1, 0.15) is 5.82 Å². The molecule has 0 radical (unpaired) electrons. The van der Waals surface area contributed by atoms with Gasteiger partial charge in [-0.3, -0.25) is 9.59 Å². The van der Waals surface area contributed by atoms with Crippen molar-refractivity contribution in [3.05, 3.63) is 35.1 Å². The van der Waals surface area contributed by atoms with Crippen LogP contribution in [0, 0.1) is 17.7 Å². The Bertz CT molecular complexity index is 588. The van der Waals surface area contributed by atoms with Gasteiger partial charge in [-0.15, -0.1) is 0 Å². The summed E-state index contributed by atoms with van der Waals surface area (Å²) in [5.74, 6) is 4.29. The van der Waals surface area contributed by atoms with Crippen LogP contribution in [0.2, 0.25) is 0 Å². The maximum Gasteiger partial charge on any atom is 0.252 e. The van der Waals surface area contributed by atoms with Gasteiger partial charge in [0.15, 0.2) is 0 Å². The molecule has 0 saturated carbocycles. The van der Waals surface area contributed by atoms with Crippen molar-refractivity contribution in [2.75, 3.05) is 27.2 Å². The van der Waals surface area contributed by atoms with Crippen LogP contribution in [-0.4, -0.2) is 43.9 Å². The summed E-state index contributed by atoms with van der Waals surface area (Å²) in [7, 11) is 3.29. The molecule has 0 aliphatic heterocycles. The average molecular weight is 291 g/mol. The topological polar surface area (TPSA) is 75.4 Å². The number of benzene rings is 1. The van der Waals surface area contributed by atoms with Gasteiger partial charge in [0.2, 0.25) is 5.91 Å². The number of rotatable bonds is 4. The molecule has 0 aromatic heterocycles. The maximum absolute atomic E-state index is 13.2. The van der Waals surface area contributed by atoms with Gasteiger partial charge in [0, 0.05) is 32.6 Å². The second-order valence-corrected chi connectivity index (χ2v) is 4.49. The van der Waals surface area contributed by atoms with Crippen molar-refractivity contribution in [2.24, 2.45) is 5.73 Å². The lowest BCUT2D eigenvalue weighted by Gasteiger charge is -2.11. The highest BCUT2D eigenvalue weighted by Gasteiger charge is 2.12. The molecule has 0 atom stereocenters. The SMILES string of the molecule is CN(C)C(=O)CCNC(=O)c1ccc(F)cc1C#CCN. The first kappa shape index (κ1) is 16.7. The predicted octanol–water partition coefficient (Wildman–Crippen LogP) is 0.344. The minimum absolute atomic E-state index is 0.0856. The molecule has 1 aromatic carbocycles. The summed E-state index contributed by atoms with van der Waals surface area (Å²) in [5.41, 5.74) is 5.81. The molecule has 1 rings (SSSR count). The number of nitrogens with zero attached hydrogens (tertiary/aromatic N) is 1. The van der Waals surface area contributed by atoms with Crippen LogP contribution < -0.4 is 11.1 Å². The Balaban J connectivity index is 2.76. The average Bonchev–Trinajstić information content (AvgIpc) is 2.44. The first-order chi connectivity index (χ1) is 9.95. The summed E-state index contributed by atoms with van der Waals surface area (Å²) in [4.78, 5) is 24.9. The number of halogens is 1. The molecular formula is C15H18FN3O2. The van der Waals surface area contributed by atoms with E-state index in [1.807, 2.05) is 0 Å². The van der Waals surface area contributed by atoms with Crippen LogP contribution in [0.4, 0.5) is 4.39 Å². The van der Waals surface area contributed by atoms with E-state index in [4.69, 9.17) is 5.73 Å². The fourth-order valence-corrected chi connectivity index (χ4v) is 1.57. The Morgan fingerprint density at radius 2 is 2.10 bits per heavy atom. The molecule has 0 fully saturated rings. The van der Waals surface area contributed by atoms with E-state index in [-0.39, 0.29) is 36.5 Å². The van der Waals surface area contributed by atoms with Crippen LogP contribution in [0.3, 0.4) is 0 Å². The summed E-state index contributed by atoms with van der Waals surface area (Å²) in [6, 6.07) is 3.73. The molecule has 1 aromatic rings. The summed E-state index contributed by atoms with van der Waals surface area (Å²) < 4.78 is 13.2. The third kappa shape index (κ3) is 5.24. The van der Waals surface area contributed by atoms with Crippen LogP contribution in [0.15, 0.2) is 18.2 Å². The van der Waals surface area contributed by atoms with E-state index >= 15 is 0 Å².